The van der Waals surface area contributed by atoms with E-state index in [4.69, 9.17) is 13.0 Å². The topological polar surface area (TPSA) is 71.1 Å². The van der Waals surface area contributed by atoms with Gasteiger partial charge in [-0.05, 0) is 40.0 Å². The Hall–Kier alpha value is -0.959. The normalized spacial score (nSPS) is 16.1. The van der Waals surface area contributed by atoms with Gasteiger partial charge in [0.25, 0.3) is 0 Å². The summed E-state index contributed by atoms with van der Waals surface area (Å²) in [7, 11) is -5.73. The van der Waals surface area contributed by atoms with Gasteiger partial charge in [0, 0.05) is 12.2 Å². The van der Waals surface area contributed by atoms with Crippen LogP contribution in [0.4, 0.5) is 13.2 Å². The van der Waals surface area contributed by atoms with Gasteiger partial charge in [-0.3, -0.25) is 0 Å². The van der Waals surface area contributed by atoms with Gasteiger partial charge in [-0.25, -0.2) is 9.59 Å². The number of halogens is 3. The molecule has 0 spiro atoms. The molecule has 6 nitrogen and oxygen atoms in total. The van der Waals surface area contributed by atoms with E-state index in [1.165, 1.54) is 0 Å². The molecular formula is C14H27F3O6Si3. The Morgan fingerprint density at radius 2 is 1.54 bits per heavy atom. The molecule has 0 aliphatic rings. The van der Waals surface area contributed by atoms with Crippen LogP contribution in [0, 0.1) is 0 Å². The van der Waals surface area contributed by atoms with Crippen molar-refractivity contribution in [1.82, 2.24) is 0 Å². The van der Waals surface area contributed by atoms with E-state index in [2.05, 4.69) is 4.74 Å². The smallest absolute Gasteiger partial charge is 0.422 e. The second-order valence-corrected chi connectivity index (χ2v) is 16.9. The molecule has 0 aromatic heterocycles. The van der Waals surface area contributed by atoms with E-state index in [1.54, 1.807) is 13.8 Å². The van der Waals surface area contributed by atoms with Crippen LogP contribution in [0.5, 0.6) is 0 Å². The molecule has 0 aliphatic carbocycles. The molecule has 0 aromatic rings. The highest BCUT2D eigenvalue weighted by Crippen LogP contribution is 2.29. The molecular weight excluding hydrogens is 405 g/mol. The highest BCUT2D eigenvalue weighted by molar-refractivity contribution is 6.84. The fraction of sp³-hybridized carbons (Fsp3) is 0.714. The number of carbonyl (C=O) groups excluding carboxylic acids is 2. The first kappa shape index (κ1) is 25.0. The van der Waals surface area contributed by atoms with E-state index in [9.17, 15) is 22.8 Å². The van der Waals surface area contributed by atoms with Crippen molar-refractivity contribution in [2.24, 2.45) is 0 Å². The number of hydrogen-bond acceptors (Lipinski definition) is 6. The first-order valence-corrected chi connectivity index (χ1v) is 15.7. The Labute approximate surface area is 156 Å². The Balaban J connectivity index is 5.01. The molecule has 0 bridgehead atoms. The van der Waals surface area contributed by atoms with Gasteiger partial charge < -0.3 is 17.7 Å². The minimum Gasteiger partial charge on any atom is -0.455 e. The van der Waals surface area contributed by atoms with Crippen molar-refractivity contribution >= 4 is 38.6 Å². The van der Waals surface area contributed by atoms with Crippen LogP contribution in [0.1, 0.15) is 13.8 Å². The molecule has 0 fully saturated rings. The van der Waals surface area contributed by atoms with E-state index < -0.39 is 56.6 Å². The summed E-state index contributed by atoms with van der Waals surface area (Å²) in [6, 6.07) is 0. The second-order valence-electron chi connectivity index (χ2n) is 7.08. The van der Waals surface area contributed by atoms with Gasteiger partial charge in [0.2, 0.25) is 0 Å². The minimum absolute atomic E-state index is 0.595. The third-order valence-electron chi connectivity index (χ3n) is 3.10. The van der Waals surface area contributed by atoms with Gasteiger partial charge in [-0.15, -0.1) is 0 Å². The molecule has 0 rings (SSSR count). The van der Waals surface area contributed by atoms with Crippen LogP contribution >= 0.6 is 0 Å². The molecule has 152 valence electrons. The van der Waals surface area contributed by atoms with Gasteiger partial charge in [0.1, 0.15) is 15.0 Å². The fourth-order valence-electron chi connectivity index (χ4n) is 1.90. The SMILES string of the molecule is C[SiH2]O[Si](C)(O[Si](C)(C)C)C(C)(C)OC(=O)C=CC(=O)OCC(F)(F)F. The van der Waals surface area contributed by atoms with Crippen LogP contribution in [-0.2, 0) is 27.3 Å². The fourth-order valence-corrected chi connectivity index (χ4v) is 12.2. The van der Waals surface area contributed by atoms with Gasteiger partial charge in [0.15, 0.2) is 14.9 Å². The molecule has 0 radical (unpaired) electrons. The molecule has 1 unspecified atom stereocenters. The lowest BCUT2D eigenvalue weighted by Crippen LogP contribution is -2.63. The van der Waals surface area contributed by atoms with Crippen molar-refractivity contribution in [1.29, 1.82) is 0 Å². The van der Waals surface area contributed by atoms with Crippen molar-refractivity contribution in [2.75, 3.05) is 6.61 Å². The molecule has 0 heterocycles. The van der Waals surface area contributed by atoms with Crippen LogP contribution < -0.4 is 0 Å². The van der Waals surface area contributed by atoms with Crippen LogP contribution in [-0.4, -0.2) is 56.6 Å². The lowest BCUT2D eigenvalue weighted by atomic mass is 10.4. The van der Waals surface area contributed by atoms with Crippen molar-refractivity contribution in [3.8, 4) is 0 Å². The maximum atomic E-state index is 12.0. The largest absolute Gasteiger partial charge is 0.455 e. The maximum Gasteiger partial charge on any atom is 0.422 e. The van der Waals surface area contributed by atoms with E-state index in [1.807, 2.05) is 32.7 Å². The number of hydrogen-bond donors (Lipinski definition) is 0. The Morgan fingerprint density at radius 1 is 1.04 bits per heavy atom. The molecule has 0 aliphatic heterocycles. The molecule has 0 amide bonds. The summed E-state index contributed by atoms with van der Waals surface area (Å²) < 4.78 is 57.4. The lowest BCUT2D eigenvalue weighted by Gasteiger charge is -2.43. The van der Waals surface area contributed by atoms with E-state index >= 15 is 0 Å². The van der Waals surface area contributed by atoms with Crippen LogP contribution in [0.15, 0.2) is 12.2 Å². The molecule has 26 heavy (non-hydrogen) atoms. The maximum absolute atomic E-state index is 12.0. The lowest BCUT2D eigenvalue weighted by molar-refractivity contribution is -0.182. The predicted molar refractivity (Wildman–Crippen MR) is 97.9 cm³/mol. The van der Waals surface area contributed by atoms with Crippen LogP contribution in [0.3, 0.4) is 0 Å². The summed E-state index contributed by atoms with van der Waals surface area (Å²) in [5.41, 5.74) is 0. The summed E-state index contributed by atoms with van der Waals surface area (Å²) in [6.45, 7) is 11.3. The predicted octanol–water partition coefficient (Wildman–Crippen LogP) is 2.58. The average Bonchev–Trinajstić information content (AvgIpc) is 2.39. The third-order valence-corrected chi connectivity index (χ3v) is 12.8. The monoisotopic (exact) mass is 432 g/mol. The molecule has 0 saturated heterocycles. The molecule has 1 atom stereocenters. The first-order valence-electron chi connectivity index (χ1n) is 8.00. The Bertz CT molecular complexity index is 531. The summed E-state index contributed by atoms with van der Waals surface area (Å²) in [4.78, 5) is 23.2. The summed E-state index contributed by atoms with van der Waals surface area (Å²) in [5.74, 6) is -2.18. The number of esters is 2. The Morgan fingerprint density at radius 3 is 1.96 bits per heavy atom. The van der Waals surface area contributed by atoms with E-state index in [0.29, 0.717) is 6.08 Å². The number of rotatable bonds is 9. The molecule has 12 heteroatoms. The van der Waals surface area contributed by atoms with Crippen molar-refractivity contribution in [3.63, 3.8) is 0 Å². The molecule has 0 N–H and O–H groups in total. The van der Waals surface area contributed by atoms with Crippen molar-refractivity contribution in [2.45, 2.75) is 58.0 Å². The zero-order valence-electron chi connectivity index (χ0n) is 16.2. The number of ether oxygens (including phenoxy) is 2. The quantitative estimate of drug-likeness (QED) is 0.317. The zero-order valence-corrected chi connectivity index (χ0v) is 19.6. The summed E-state index contributed by atoms with van der Waals surface area (Å²) in [5, 5.41) is -1.06. The highest BCUT2D eigenvalue weighted by atomic mass is 28.5. The Kier molecular flexibility index (Phi) is 8.96. The van der Waals surface area contributed by atoms with Crippen molar-refractivity contribution < 1.29 is 40.5 Å². The molecule has 0 aromatic carbocycles. The second kappa shape index (κ2) is 9.30. The van der Waals surface area contributed by atoms with Gasteiger partial charge in [-0.1, -0.05) is 6.55 Å². The van der Waals surface area contributed by atoms with Crippen LogP contribution in [0.2, 0.25) is 32.7 Å². The van der Waals surface area contributed by atoms with Crippen molar-refractivity contribution in [3.05, 3.63) is 12.2 Å². The van der Waals surface area contributed by atoms with Gasteiger partial charge >= 0.3 is 26.7 Å². The van der Waals surface area contributed by atoms with Gasteiger partial charge in [0.05, 0.1) is 0 Å². The van der Waals surface area contributed by atoms with Gasteiger partial charge in [-0.2, -0.15) is 13.2 Å². The standard InChI is InChI=1S/C14H27F3O6Si3/c1-13(2,26(7,22-24-3)23-25(4,5)6)21-12(19)9-8-11(18)20-10-14(15,16)17/h8-9H,10,24H2,1-7H3. The van der Waals surface area contributed by atoms with E-state index in [0.717, 1.165) is 6.08 Å². The van der Waals surface area contributed by atoms with Crippen LogP contribution in [0.25, 0.3) is 0 Å². The molecule has 0 saturated carbocycles. The third kappa shape index (κ3) is 9.66. The summed E-state index contributed by atoms with van der Waals surface area (Å²) in [6.07, 6.45) is -3.31. The average molecular weight is 433 g/mol. The number of alkyl halides is 3. The minimum atomic E-state index is -4.63. The first-order chi connectivity index (χ1) is 11.5. The van der Waals surface area contributed by atoms with E-state index in [-0.39, 0.29) is 0 Å². The highest BCUT2D eigenvalue weighted by Gasteiger charge is 2.52. The summed E-state index contributed by atoms with van der Waals surface area (Å²) >= 11 is 0. The number of carbonyl (C=O) groups is 2. The zero-order chi connectivity index (χ0) is 20.8.